The molecule has 1 aliphatic heterocycles. The van der Waals surface area contributed by atoms with Crippen molar-refractivity contribution in [3.8, 4) is 6.19 Å². The van der Waals surface area contributed by atoms with E-state index in [1.54, 1.807) is 12.5 Å². The molecule has 0 spiro atoms. The second-order valence-corrected chi connectivity index (χ2v) is 20.6. The Bertz CT molecular complexity index is 1240. The van der Waals surface area contributed by atoms with Gasteiger partial charge in [-0.2, -0.15) is 9.99 Å². The summed E-state index contributed by atoms with van der Waals surface area (Å²) in [7, 11) is -4.03. The Balaban J connectivity index is 1.80. The number of rotatable bonds is 6. The Labute approximate surface area is 226 Å². The monoisotopic (exact) mass is 562 g/mol. The van der Waals surface area contributed by atoms with Crippen molar-refractivity contribution in [3.05, 3.63) is 18.1 Å². The SMILES string of the molecule is COn1cnc2c(ncn2[C@@H]2C[C@@H]3CO[Si](C(C)C)(C(C)C)O[Si](C(C)C)(C(C)C)O[C@H]3[C@H]2O)c1=NC#N. The largest absolute Gasteiger partial charge is 0.414 e. The highest BCUT2D eigenvalue weighted by molar-refractivity contribution is 6.83. The van der Waals surface area contributed by atoms with E-state index in [1.807, 2.05) is 4.57 Å². The highest BCUT2D eigenvalue weighted by Gasteiger charge is 2.61. The van der Waals surface area contributed by atoms with Gasteiger partial charge < -0.3 is 27.5 Å². The molecule has 210 valence electrons. The minimum Gasteiger partial charge on any atom is -0.414 e. The Morgan fingerprint density at radius 3 is 2.24 bits per heavy atom. The molecule has 0 bridgehead atoms. The first kappa shape index (κ1) is 28.9. The Morgan fingerprint density at radius 1 is 1.05 bits per heavy atom. The molecular weight excluding hydrogens is 520 g/mol. The van der Waals surface area contributed by atoms with Crippen LogP contribution in [0.1, 0.15) is 67.9 Å². The van der Waals surface area contributed by atoms with Gasteiger partial charge in [0, 0.05) is 12.5 Å². The fourth-order valence-corrected chi connectivity index (χ4v) is 17.6. The molecule has 0 amide bonds. The molecule has 1 saturated heterocycles. The number of nitriles is 1. The van der Waals surface area contributed by atoms with Crippen molar-refractivity contribution < 1.29 is 22.9 Å². The van der Waals surface area contributed by atoms with E-state index in [1.165, 1.54) is 18.2 Å². The zero-order chi connectivity index (χ0) is 28.0. The molecule has 1 saturated carbocycles. The minimum atomic E-state index is -2.84. The average molecular weight is 563 g/mol. The number of hydrogen-bond donors (Lipinski definition) is 1. The first-order chi connectivity index (χ1) is 17.9. The summed E-state index contributed by atoms with van der Waals surface area (Å²) in [5.41, 5.74) is 2.06. The smallest absolute Gasteiger partial charge is 0.335 e. The molecule has 0 unspecified atom stereocenters. The van der Waals surface area contributed by atoms with Crippen LogP contribution in [-0.2, 0) is 13.0 Å². The van der Waals surface area contributed by atoms with Gasteiger partial charge in [-0.05, 0) is 28.6 Å². The van der Waals surface area contributed by atoms with Crippen LogP contribution in [0.4, 0.5) is 0 Å². The molecule has 3 heterocycles. The molecule has 2 aromatic rings. The molecular formula is C25H42N6O5Si2. The van der Waals surface area contributed by atoms with Gasteiger partial charge in [-0.1, -0.05) is 55.4 Å². The fourth-order valence-electron chi connectivity index (χ4n) is 6.28. The third-order valence-corrected chi connectivity index (χ3v) is 18.6. The van der Waals surface area contributed by atoms with Crippen molar-refractivity contribution >= 4 is 28.3 Å². The molecule has 4 atom stereocenters. The van der Waals surface area contributed by atoms with Crippen molar-refractivity contribution in [1.29, 1.82) is 5.26 Å². The van der Waals surface area contributed by atoms with Crippen LogP contribution in [0.5, 0.6) is 0 Å². The number of hydrogen-bond acceptors (Lipinski definition) is 9. The second-order valence-electron chi connectivity index (χ2n) is 11.7. The van der Waals surface area contributed by atoms with Gasteiger partial charge in [0.05, 0.1) is 18.5 Å². The van der Waals surface area contributed by atoms with Crippen LogP contribution in [-0.4, -0.2) is 67.4 Å². The van der Waals surface area contributed by atoms with Crippen molar-refractivity contribution in [1.82, 2.24) is 19.3 Å². The first-order valence-electron chi connectivity index (χ1n) is 13.5. The predicted molar refractivity (Wildman–Crippen MR) is 146 cm³/mol. The molecule has 1 N–H and O–H groups in total. The van der Waals surface area contributed by atoms with E-state index in [-0.39, 0.29) is 39.6 Å². The van der Waals surface area contributed by atoms with Gasteiger partial charge in [0.25, 0.3) is 0 Å². The molecule has 11 nitrogen and oxygen atoms in total. The third-order valence-electron chi connectivity index (χ3n) is 8.30. The van der Waals surface area contributed by atoms with Crippen LogP contribution in [0.25, 0.3) is 11.2 Å². The summed E-state index contributed by atoms with van der Waals surface area (Å²) >= 11 is 0. The van der Waals surface area contributed by atoms with E-state index >= 15 is 0 Å². The van der Waals surface area contributed by atoms with Crippen molar-refractivity contribution in [2.45, 2.75) is 102 Å². The number of imidazole rings is 1. The van der Waals surface area contributed by atoms with E-state index in [9.17, 15) is 10.4 Å². The average Bonchev–Trinajstić information content (AvgIpc) is 3.39. The van der Waals surface area contributed by atoms with Crippen LogP contribution >= 0.6 is 0 Å². The molecule has 0 aromatic carbocycles. The van der Waals surface area contributed by atoms with Gasteiger partial charge in [-0.15, -0.1) is 4.99 Å². The van der Waals surface area contributed by atoms with Crippen LogP contribution in [0.2, 0.25) is 22.2 Å². The number of nitrogens with zero attached hydrogens (tertiary/aromatic N) is 6. The topological polar surface area (TPSA) is 129 Å². The van der Waals surface area contributed by atoms with Gasteiger partial charge >= 0.3 is 17.1 Å². The Kier molecular flexibility index (Phi) is 8.23. The Morgan fingerprint density at radius 2 is 1.68 bits per heavy atom. The molecule has 1 aliphatic carbocycles. The first-order valence-corrected chi connectivity index (χ1v) is 17.5. The summed E-state index contributed by atoms with van der Waals surface area (Å²) in [4.78, 5) is 18.2. The quantitative estimate of drug-likeness (QED) is 0.418. The second kappa shape index (κ2) is 10.8. The third kappa shape index (κ3) is 4.54. The number of aromatic nitrogens is 4. The summed E-state index contributed by atoms with van der Waals surface area (Å²) in [6, 6.07) is -0.335. The van der Waals surface area contributed by atoms with Gasteiger partial charge in [-0.25, -0.2) is 9.97 Å². The maximum Gasteiger partial charge on any atom is 0.335 e. The zero-order valence-corrected chi connectivity index (χ0v) is 26.0. The molecule has 38 heavy (non-hydrogen) atoms. The Hall–Kier alpha value is -2.09. The number of aliphatic hydroxyl groups is 1. The fraction of sp³-hybridized carbons (Fsp3) is 0.760. The maximum atomic E-state index is 11.8. The molecule has 2 aliphatic rings. The molecule has 0 radical (unpaired) electrons. The zero-order valence-electron chi connectivity index (χ0n) is 24.0. The van der Waals surface area contributed by atoms with Crippen LogP contribution in [0, 0.1) is 17.4 Å². The van der Waals surface area contributed by atoms with Crippen molar-refractivity contribution in [2.24, 2.45) is 10.9 Å². The lowest BCUT2D eigenvalue weighted by Crippen LogP contribution is -2.65. The van der Waals surface area contributed by atoms with E-state index in [0.29, 0.717) is 24.2 Å². The van der Waals surface area contributed by atoms with E-state index in [0.717, 1.165) is 0 Å². The summed E-state index contributed by atoms with van der Waals surface area (Å²) in [6.45, 7) is 18.0. The van der Waals surface area contributed by atoms with Gasteiger partial charge in [0.15, 0.2) is 11.2 Å². The highest BCUT2D eigenvalue weighted by atomic mass is 28.5. The molecule has 2 aromatic heterocycles. The lowest BCUT2D eigenvalue weighted by molar-refractivity contribution is -0.0241. The molecule has 2 fully saturated rings. The standard InChI is InChI=1S/C25H42N6O5Si2/c1-15(2)37(16(3)4)34-11-19-10-20(22(32)23(19)35-38(36-37,17(5)6)18(7)8)30-13-28-21-24(30)29-14-31(33-9)25(21)27-12-26/h13-20,22-23,32H,10-11H2,1-9H3/t19-,20-,22+,23-/m1/s1. The van der Waals surface area contributed by atoms with Gasteiger partial charge in [-0.3, -0.25) is 0 Å². The van der Waals surface area contributed by atoms with E-state index in [4.69, 9.17) is 17.8 Å². The van der Waals surface area contributed by atoms with Crippen LogP contribution in [0.15, 0.2) is 17.6 Å². The molecule has 4 rings (SSSR count). The summed E-state index contributed by atoms with van der Waals surface area (Å²) in [5, 5.41) is 21.0. The maximum absolute atomic E-state index is 11.8. The van der Waals surface area contributed by atoms with E-state index in [2.05, 4.69) is 70.4 Å². The number of fused-ring (bicyclic) bond motifs is 2. The van der Waals surface area contributed by atoms with E-state index < -0.39 is 29.3 Å². The van der Waals surface area contributed by atoms with Gasteiger partial charge in [0.2, 0.25) is 11.7 Å². The summed E-state index contributed by atoms with van der Waals surface area (Å²) < 4.78 is 24.4. The molecule has 13 heteroatoms. The van der Waals surface area contributed by atoms with Crippen LogP contribution in [0.3, 0.4) is 0 Å². The normalized spacial score (nSPS) is 27.7. The van der Waals surface area contributed by atoms with Crippen molar-refractivity contribution in [3.63, 3.8) is 0 Å². The van der Waals surface area contributed by atoms with Crippen LogP contribution < -0.4 is 10.3 Å². The minimum absolute atomic E-state index is 0.0130. The number of aliphatic hydroxyl groups excluding tert-OH is 1. The van der Waals surface area contributed by atoms with Gasteiger partial charge in [0.1, 0.15) is 19.5 Å². The summed E-state index contributed by atoms with van der Waals surface area (Å²) in [5.74, 6) is -0.0130. The summed E-state index contributed by atoms with van der Waals surface area (Å²) in [6.07, 6.45) is 4.30. The van der Waals surface area contributed by atoms with Crippen molar-refractivity contribution in [2.75, 3.05) is 13.7 Å². The predicted octanol–water partition coefficient (Wildman–Crippen LogP) is 3.55. The lowest BCUT2D eigenvalue weighted by Gasteiger charge is -2.51. The lowest BCUT2D eigenvalue weighted by atomic mass is 10.1. The highest BCUT2D eigenvalue weighted by Crippen LogP contribution is 2.50.